The number of hydrogen-bond donors (Lipinski definition) is 0. The molecule has 0 fully saturated rings. The fourth-order valence-corrected chi connectivity index (χ4v) is 6.92. The molecule has 0 N–H and O–H groups in total. The summed E-state index contributed by atoms with van der Waals surface area (Å²) in [5, 5.41) is 2.87. The molecule has 4 aromatic carbocycles. The van der Waals surface area contributed by atoms with Crippen molar-refractivity contribution in [2.45, 2.75) is 5.66 Å². The zero-order valence-corrected chi connectivity index (χ0v) is 15.3. The van der Waals surface area contributed by atoms with Gasteiger partial charge in [-0.1, -0.05) is 109 Å². The minimum atomic E-state index is -0.525. The van der Waals surface area contributed by atoms with E-state index in [1.807, 2.05) is 0 Å². The minimum absolute atomic E-state index is 0.405. The molecule has 0 aromatic heterocycles. The van der Waals surface area contributed by atoms with E-state index in [0.29, 0.717) is 5.66 Å². The van der Waals surface area contributed by atoms with E-state index in [9.17, 15) is 0 Å². The quantitative estimate of drug-likeness (QED) is 0.404. The van der Waals surface area contributed by atoms with Gasteiger partial charge in [0.15, 0.2) is 0 Å². The summed E-state index contributed by atoms with van der Waals surface area (Å²) in [6.45, 7) is 0. The standard InChI is InChI=1S/C25H19P/c1-3-11-19(12-4-1)26(20-13-5-2-6-14-20)25-23-17-9-7-15-21(23)22-16-8-10-18-24(22)25/h1-18,25H. The monoisotopic (exact) mass is 350 g/mol. The van der Waals surface area contributed by atoms with Gasteiger partial charge in [-0.15, -0.1) is 0 Å². The predicted octanol–water partition coefficient (Wildman–Crippen LogP) is 5.89. The van der Waals surface area contributed by atoms with Crippen LogP contribution >= 0.6 is 7.92 Å². The molecule has 0 aliphatic heterocycles. The van der Waals surface area contributed by atoms with E-state index in [2.05, 4.69) is 109 Å². The molecule has 0 radical (unpaired) electrons. The molecule has 0 amide bonds. The van der Waals surface area contributed by atoms with Crippen LogP contribution in [0.1, 0.15) is 16.8 Å². The van der Waals surface area contributed by atoms with Crippen molar-refractivity contribution in [1.29, 1.82) is 0 Å². The first kappa shape index (κ1) is 15.6. The first-order chi connectivity index (χ1) is 12.9. The molecule has 0 atom stereocenters. The van der Waals surface area contributed by atoms with Crippen LogP contribution < -0.4 is 10.6 Å². The molecule has 0 unspecified atom stereocenters. The van der Waals surface area contributed by atoms with Gasteiger partial charge in [0.25, 0.3) is 0 Å². The van der Waals surface area contributed by atoms with Crippen LogP contribution in [0, 0.1) is 0 Å². The Morgan fingerprint density at radius 2 is 0.808 bits per heavy atom. The smallest absolute Gasteiger partial charge is 0.0384 e. The average molecular weight is 350 g/mol. The zero-order chi connectivity index (χ0) is 17.3. The van der Waals surface area contributed by atoms with Gasteiger partial charge in [-0.2, -0.15) is 0 Å². The second kappa shape index (κ2) is 6.56. The molecule has 1 heteroatoms. The minimum Gasteiger partial charge on any atom is -0.0622 e. The molecule has 4 aromatic rings. The van der Waals surface area contributed by atoms with Crippen LogP contribution in [-0.2, 0) is 0 Å². The van der Waals surface area contributed by atoms with Gasteiger partial charge in [-0.25, -0.2) is 0 Å². The molecule has 1 aliphatic rings. The summed E-state index contributed by atoms with van der Waals surface area (Å²) in [5.41, 5.74) is 6.13. The van der Waals surface area contributed by atoms with Gasteiger partial charge < -0.3 is 0 Å². The molecular formula is C25H19P. The van der Waals surface area contributed by atoms with E-state index in [-0.39, 0.29) is 0 Å². The Hall–Kier alpha value is -2.69. The molecule has 1 aliphatic carbocycles. The lowest BCUT2D eigenvalue weighted by molar-refractivity contribution is 1.21. The van der Waals surface area contributed by atoms with E-state index < -0.39 is 7.92 Å². The molecule has 0 saturated carbocycles. The maximum absolute atomic E-state index is 2.32. The fraction of sp³-hybridized carbons (Fsp3) is 0.0400. The zero-order valence-electron chi connectivity index (χ0n) is 14.4. The highest BCUT2D eigenvalue weighted by molar-refractivity contribution is 7.73. The van der Waals surface area contributed by atoms with Crippen molar-refractivity contribution in [2.75, 3.05) is 0 Å². The van der Waals surface area contributed by atoms with E-state index in [1.165, 1.54) is 32.9 Å². The SMILES string of the molecule is c1ccc(P(c2ccccc2)C2c3ccccc3-c3ccccc32)cc1. The molecule has 26 heavy (non-hydrogen) atoms. The Morgan fingerprint density at radius 3 is 1.27 bits per heavy atom. The molecule has 5 rings (SSSR count). The van der Waals surface area contributed by atoms with Crippen molar-refractivity contribution in [3.63, 3.8) is 0 Å². The van der Waals surface area contributed by atoms with Crippen molar-refractivity contribution in [3.05, 3.63) is 120 Å². The Balaban J connectivity index is 1.77. The molecule has 0 heterocycles. The first-order valence-corrected chi connectivity index (χ1v) is 10.4. The normalized spacial score (nSPS) is 12.8. The third-order valence-electron chi connectivity index (χ3n) is 5.13. The summed E-state index contributed by atoms with van der Waals surface area (Å²) in [7, 11) is -0.525. The largest absolute Gasteiger partial charge is 0.0622 e. The van der Waals surface area contributed by atoms with Gasteiger partial charge in [0, 0.05) is 5.66 Å². The lowest BCUT2D eigenvalue weighted by atomic mass is 10.1. The van der Waals surface area contributed by atoms with Crippen LogP contribution in [0.2, 0.25) is 0 Å². The summed E-state index contributed by atoms with van der Waals surface area (Å²) < 4.78 is 0. The van der Waals surface area contributed by atoms with Gasteiger partial charge in [-0.3, -0.25) is 0 Å². The van der Waals surface area contributed by atoms with Crippen LogP contribution in [0.5, 0.6) is 0 Å². The van der Waals surface area contributed by atoms with Crippen molar-refractivity contribution in [1.82, 2.24) is 0 Å². The summed E-state index contributed by atoms with van der Waals surface area (Å²) in [5.74, 6) is 0. The Morgan fingerprint density at radius 1 is 0.423 bits per heavy atom. The van der Waals surface area contributed by atoms with Crippen LogP contribution in [0.25, 0.3) is 11.1 Å². The van der Waals surface area contributed by atoms with Crippen molar-refractivity contribution < 1.29 is 0 Å². The van der Waals surface area contributed by atoms with E-state index in [4.69, 9.17) is 0 Å². The highest BCUT2D eigenvalue weighted by Gasteiger charge is 2.35. The molecule has 0 nitrogen and oxygen atoms in total. The average Bonchev–Trinajstić information content (AvgIpc) is 3.05. The van der Waals surface area contributed by atoms with E-state index >= 15 is 0 Å². The number of fused-ring (bicyclic) bond motifs is 3. The molecule has 0 spiro atoms. The number of hydrogen-bond acceptors (Lipinski definition) is 0. The van der Waals surface area contributed by atoms with Gasteiger partial charge in [-0.05, 0) is 40.8 Å². The third-order valence-corrected chi connectivity index (χ3v) is 7.91. The van der Waals surface area contributed by atoms with E-state index in [0.717, 1.165) is 0 Å². The first-order valence-electron chi connectivity index (χ1n) is 9.01. The molecule has 0 bridgehead atoms. The molecule has 124 valence electrons. The Kier molecular flexibility index (Phi) is 3.92. The highest BCUT2D eigenvalue weighted by Crippen LogP contribution is 2.60. The predicted molar refractivity (Wildman–Crippen MR) is 113 cm³/mol. The lowest BCUT2D eigenvalue weighted by Gasteiger charge is -2.27. The second-order valence-electron chi connectivity index (χ2n) is 6.62. The van der Waals surface area contributed by atoms with E-state index in [1.54, 1.807) is 0 Å². The Bertz CT molecular complexity index is 953. The summed E-state index contributed by atoms with van der Waals surface area (Å²) in [4.78, 5) is 0. The van der Waals surface area contributed by atoms with Gasteiger partial charge in [0.1, 0.15) is 0 Å². The molecular weight excluding hydrogens is 331 g/mol. The van der Waals surface area contributed by atoms with Crippen LogP contribution in [-0.4, -0.2) is 0 Å². The summed E-state index contributed by atoms with van der Waals surface area (Å²) in [6.07, 6.45) is 0. The Labute approximate surface area is 155 Å². The molecule has 0 saturated heterocycles. The van der Waals surface area contributed by atoms with Crippen LogP contribution in [0.3, 0.4) is 0 Å². The fourth-order valence-electron chi connectivity index (χ4n) is 4.03. The number of benzene rings is 4. The van der Waals surface area contributed by atoms with Crippen molar-refractivity contribution in [3.8, 4) is 11.1 Å². The van der Waals surface area contributed by atoms with Gasteiger partial charge in [0.2, 0.25) is 0 Å². The van der Waals surface area contributed by atoms with Crippen LogP contribution in [0.15, 0.2) is 109 Å². The van der Waals surface area contributed by atoms with Crippen LogP contribution in [0.4, 0.5) is 0 Å². The summed E-state index contributed by atoms with van der Waals surface area (Å²) >= 11 is 0. The van der Waals surface area contributed by atoms with Crippen molar-refractivity contribution >= 4 is 18.5 Å². The van der Waals surface area contributed by atoms with Gasteiger partial charge >= 0.3 is 0 Å². The summed E-state index contributed by atoms with van der Waals surface area (Å²) in [6, 6.07) is 39.9. The topological polar surface area (TPSA) is 0 Å². The second-order valence-corrected chi connectivity index (χ2v) is 8.91. The third kappa shape index (κ3) is 2.50. The van der Waals surface area contributed by atoms with Gasteiger partial charge in [0.05, 0.1) is 0 Å². The number of rotatable bonds is 3. The highest BCUT2D eigenvalue weighted by atomic mass is 31.1. The maximum Gasteiger partial charge on any atom is 0.0384 e. The maximum atomic E-state index is 2.32. The van der Waals surface area contributed by atoms with Crippen molar-refractivity contribution in [2.24, 2.45) is 0 Å². The lowest BCUT2D eigenvalue weighted by Crippen LogP contribution is -2.16.